The summed E-state index contributed by atoms with van der Waals surface area (Å²) in [5.41, 5.74) is 1.08. The van der Waals surface area contributed by atoms with Gasteiger partial charge in [0.2, 0.25) is 0 Å². The lowest BCUT2D eigenvalue weighted by molar-refractivity contribution is -0.124. The van der Waals surface area contributed by atoms with Crippen LogP contribution in [0, 0.1) is 10.8 Å². The molecule has 1 aliphatic heterocycles. The first kappa shape index (κ1) is 15.0. The van der Waals surface area contributed by atoms with Crippen LogP contribution in [0.1, 0.15) is 73.6 Å². The summed E-state index contributed by atoms with van der Waals surface area (Å²) in [5, 5.41) is 0. The number of rotatable bonds is 4. The molecule has 0 radical (unpaired) electrons. The summed E-state index contributed by atoms with van der Waals surface area (Å²) in [6, 6.07) is 0.171. The molecule has 1 saturated heterocycles. The van der Waals surface area contributed by atoms with Crippen molar-refractivity contribution in [3.8, 4) is 0 Å². The lowest BCUT2D eigenvalue weighted by atomic mass is 9.85. The molecule has 0 unspecified atom stereocenters. The average Bonchev–Trinajstić information content (AvgIpc) is 2.78. The highest BCUT2D eigenvalue weighted by atomic mass is 16.1. The predicted molar refractivity (Wildman–Crippen MR) is 80.2 cm³/mol. The van der Waals surface area contributed by atoms with Gasteiger partial charge in [-0.25, -0.2) is 0 Å². The number of carbonyl (C=O) groups is 1. The third-order valence-electron chi connectivity index (χ3n) is 6.05. The SMILES string of the molecule is CCC(=O)[C@@H]1C[C@]2(CN1C(C)(C)C)CC2(CC)CC. The van der Waals surface area contributed by atoms with E-state index in [2.05, 4.69) is 39.5 Å². The Morgan fingerprint density at radius 2 is 1.79 bits per heavy atom. The molecule has 2 rings (SSSR count). The van der Waals surface area contributed by atoms with Crippen molar-refractivity contribution >= 4 is 5.78 Å². The van der Waals surface area contributed by atoms with Crippen molar-refractivity contribution in [2.24, 2.45) is 10.8 Å². The molecule has 110 valence electrons. The molecule has 0 N–H and O–H groups in total. The van der Waals surface area contributed by atoms with Gasteiger partial charge in [-0.1, -0.05) is 20.8 Å². The monoisotopic (exact) mass is 265 g/mol. The number of nitrogens with zero attached hydrogens (tertiary/aromatic N) is 1. The Balaban J connectivity index is 2.25. The van der Waals surface area contributed by atoms with E-state index in [1.165, 1.54) is 19.3 Å². The number of hydrogen-bond acceptors (Lipinski definition) is 2. The van der Waals surface area contributed by atoms with Gasteiger partial charge in [-0.2, -0.15) is 0 Å². The third-order valence-corrected chi connectivity index (χ3v) is 6.05. The Bertz CT molecular complexity index is 364. The molecule has 2 fully saturated rings. The summed E-state index contributed by atoms with van der Waals surface area (Å²) in [4.78, 5) is 14.8. The molecule has 0 aromatic rings. The van der Waals surface area contributed by atoms with Gasteiger partial charge in [0.05, 0.1) is 6.04 Å². The normalized spacial score (nSPS) is 33.9. The summed E-state index contributed by atoms with van der Waals surface area (Å²) < 4.78 is 0. The fraction of sp³-hybridized carbons (Fsp3) is 0.941. The molecule has 2 nitrogen and oxygen atoms in total. The molecule has 0 amide bonds. The van der Waals surface area contributed by atoms with Crippen molar-refractivity contribution in [3.63, 3.8) is 0 Å². The first-order valence-electron chi connectivity index (χ1n) is 8.05. The van der Waals surface area contributed by atoms with Gasteiger partial charge >= 0.3 is 0 Å². The van der Waals surface area contributed by atoms with Crippen LogP contribution >= 0.6 is 0 Å². The van der Waals surface area contributed by atoms with Gasteiger partial charge in [0.1, 0.15) is 5.78 Å². The van der Waals surface area contributed by atoms with E-state index in [0.29, 0.717) is 23.0 Å². The van der Waals surface area contributed by atoms with Crippen LogP contribution in [0.25, 0.3) is 0 Å². The van der Waals surface area contributed by atoms with E-state index in [9.17, 15) is 4.79 Å². The van der Waals surface area contributed by atoms with Gasteiger partial charge < -0.3 is 0 Å². The fourth-order valence-electron chi connectivity index (χ4n) is 4.57. The third kappa shape index (κ3) is 2.16. The first-order chi connectivity index (χ1) is 8.75. The molecule has 1 heterocycles. The summed E-state index contributed by atoms with van der Waals surface area (Å²) in [6.07, 6.45) is 5.67. The van der Waals surface area contributed by atoms with E-state index in [4.69, 9.17) is 0 Å². The molecular weight excluding hydrogens is 234 g/mol. The highest BCUT2D eigenvalue weighted by molar-refractivity contribution is 5.84. The van der Waals surface area contributed by atoms with E-state index in [1.807, 2.05) is 6.92 Å². The highest BCUT2D eigenvalue weighted by Crippen LogP contribution is 2.73. The number of ketones is 1. The Kier molecular flexibility index (Phi) is 3.62. The van der Waals surface area contributed by atoms with Gasteiger partial charge in [0.15, 0.2) is 0 Å². The van der Waals surface area contributed by atoms with E-state index in [0.717, 1.165) is 13.0 Å². The van der Waals surface area contributed by atoms with Crippen LogP contribution in [0.4, 0.5) is 0 Å². The summed E-state index contributed by atoms with van der Waals surface area (Å²) in [5.74, 6) is 0.444. The second-order valence-electron chi connectivity index (χ2n) is 7.78. The van der Waals surface area contributed by atoms with Crippen molar-refractivity contribution in [3.05, 3.63) is 0 Å². The number of Topliss-reactive ketones (excluding diaryl/α,β-unsaturated/α-hetero) is 1. The second-order valence-corrected chi connectivity index (χ2v) is 7.78. The van der Waals surface area contributed by atoms with Crippen molar-refractivity contribution in [2.45, 2.75) is 85.2 Å². The maximum atomic E-state index is 12.3. The Morgan fingerprint density at radius 1 is 1.21 bits per heavy atom. The summed E-state index contributed by atoms with van der Waals surface area (Å²) in [6.45, 7) is 14.6. The minimum Gasteiger partial charge on any atom is -0.298 e. The van der Waals surface area contributed by atoms with E-state index < -0.39 is 0 Å². The van der Waals surface area contributed by atoms with E-state index in [1.54, 1.807) is 0 Å². The smallest absolute Gasteiger partial charge is 0.149 e. The lowest BCUT2D eigenvalue weighted by Gasteiger charge is -2.36. The molecule has 1 spiro atoms. The van der Waals surface area contributed by atoms with Crippen LogP contribution in [0.15, 0.2) is 0 Å². The maximum absolute atomic E-state index is 12.3. The summed E-state index contributed by atoms with van der Waals surface area (Å²) in [7, 11) is 0. The Morgan fingerprint density at radius 3 is 2.16 bits per heavy atom. The molecule has 2 aliphatic rings. The van der Waals surface area contributed by atoms with Gasteiger partial charge in [-0.3, -0.25) is 9.69 Å². The zero-order valence-electron chi connectivity index (χ0n) is 13.7. The molecule has 2 atom stereocenters. The predicted octanol–water partition coefficient (Wildman–Crippen LogP) is 4.03. The minimum atomic E-state index is 0.106. The summed E-state index contributed by atoms with van der Waals surface area (Å²) >= 11 is 0. The maximum Gasteiger partial charge on any atom is 0.149 e. The quantitative estimate of drug-likeness (QED) is 0.764. The molecule has 0 bridgehead atoms. The zero-order valence-corrected chi connectivity index (χ0v) is 13.7. The largest absolute Gasteiger partial charge is 0.298 e. The number of carbonyl (C=O) groups excluding carboxylic acids is 1. The van der Waals surface area contributed by atoms with Crippen molar-refractivity contribution < 1.29 is 4.79 Å². The van der Waals surface area contributed by atoms with Crippen molar-refractivity contribution in [1.82, 2.24) is 4.90 Å². The van der Waals surface area contributed by atoms with Gasteiger partial charge in [-0.15, -0.1) is 0 Å². The van der Waals surface area contributed by atoms with Crippen LogP contribution < -0.4 is 0 Å². The average molecular weight is 265 g/mol. The zero-order chi connectivity index (χ0) is 14.5. The highest BCUT2D eigenvalue weighted by Gasteiger charge is 2.69. The van der Waals surface area contributed by atoms with Crippen LogP contribution in [-0.2, 0) is 4.79 Å². The Labute approximate surface area is 118 Å². The molecule has 1 aliphatic carbocycles. The molecule has 1 saturated carbocycles. The number of hydrogen-bond donors (Lipinski definition) is 0. The first-order valence-corrected chi connectivity index (χ1v) is 8.05. The van der Waals surface area contributed by atoms with Crippen molar-refractivity contribution in [1.29, 1.82) is 0 Å². The van der Waals surface area contributed by atoms with Crippen LogP contribution in [-0.4, -0.2) is 28.8 Å². The number of likely N-dealkylation sites (tertiary alicyclic amines) is 1. The van der Waals surface area contributed by atoms with E-state index in [-0.39, 0.29) is 11.6 Å². The molecular formula is C17H31NO. The van der Waals surface area contributed by atoms with Gasteiger partial charge in [0, 0.05) is 18.5 Å². The topological polar surface area (TPSA) is 20.3 Å². The molecule has 0 aromatic carbocycles. The van der Waals surface area contributed by atoms with Crippen LogP contribution in [0.5, 0.6) is 0 Å². The Hall–Kier alpha value is -0.370. The standard InChI is InChI=1S/C17H31NO/c1-7-14(19)13-10-17(11-16(17,8-2)9-3)12-18(13)15(4,5)6/h13H,7-12H2,1-6H3/t13-,17+/m0/s1. The fourth-order valence-corrected chi connectivity index (χ4v) is 4.57. The van der Waals surface area contributed by atoms with Gasteiger partial charge in [0.25, 0.3) is 0 Å². The molecule has 2 heteroatoms. The van der Waals surface area contributed by atoms with Crippen LogP contribution in [0.3, 0.4) is 0 Å². The lowest BCUT2D eigenvalue weighted by Crippen LogP contribution is -2.47. The van der Waals surface area contributed by atoms with Crippen LogP contribution in [0.2, 0.25) is 0 Å². The second kappa shape index (κ2) is 4.58. The van der Waals surface area contributed by atoms with Gasteiger partial charge in [-0.05, 0) is 57.3 Å². The molecule has 0 aromatic heterocycles. The molecule has 19 heavy (non-hydrogen) atoms. The van der Waals surface area contributed by atoms with E-state index >= 15 is 0 Å². The van der Waals surface area contributed by atoms with Crippen molar-refractivity contribution in [2.75, 3.05) is 6.54 Å². The minimum absolute atomic E-state index is 0.106.